The normalized spacial score (nSPS) is 21.4. The lowest BCUT2D eigenvalue weighted by molar-refractivity contribution is -0.173. The SMILES string of the molecule is CCCC(NC(=O)C1C(=O)C(CC)(CC)[C@@H]1Oc1ccc(C(=O)N2CCN(CC)CC2)cc1)c1ccc(C)cc1. The zero-order valence-corrected chi connectivity index (χ0v) is 24.7. The number of rotatable bonds is 11. The number of hydrogen-bond donors (Lipinski definition) is 1. The number of nitrogens with one attached hydrogen (secondary N) is 1. The van der Waals surface area contributed by atoms with Crippen LogP contribution < -0.4 is 10.1 Å². The first-order chi connectivity index (χ1) is 19.3. The van der Waals surface area contributed by atoms with Gasteiger partial charge in [0.1, 0.15) is 17.8 Å². The summed E-state index contributed by atoms with van der Waals surface area (Å²) in [7, 11) is 0. The number of likely N-dealkylation sites (N-methyl/N-ethyl adjacent to an activating group) is 1. The van der Waals surface area contributed by atoms with Gasteiger partial charge in [0, 0.05) is 31.7 Å². The Balaban J connectivity index is 1.48. The molecule has 0 bridgehead atoms. The molecule has 40 heavy (non-hydrogen) atoms. The van der Waals surface area contributed by atoms with Gasteiger partial charge in [-0.1, -0.05) is 63.9 Å². The molecule has 216 valence electrons. The molecule has 2 aliphatic rings. The maximum absolute atomic E-state index is 13.6. The molecule has 0 spiro atoms. The van der Waals surface area contributed by atoms with E-state index < -0.39 is 17.4 Å². The largest absolute Gasteiger partial charge is 0.488 e. The average Bonchev–Trinajstić information content (AvgIpc) is 2.98. The van der Waals surface area contributed by atoms with E-state index in [1.807, 2.05) is 49.9 Å². The first kappa shape index (κ1) is 29.8. The van der Waals surface area contributed by atoms with E-state index in [0.717, 1.165) is 56.7 Å². The predicted molar refractivity (Wildman–Crippen MR) is 157 cm³/mol. The van der Waals surface area contributed by atoms with Crippen LogP contribution in [-0.2, 0) is 9.59 Å². The van der Waals surface area contributed by atoms with Crippen molar-refractivity contribution >= 4 is 17.6 Å². The predicted octanol–water partition coefficient (Wildman–Crippen LogP) is 5.18. The highest BCUT2D eigenvalue weighted by Gasteiger charge is 2.64. The molecule has 4 rings (SSSR count). The van der Waals surface area contributed by atoms with Crippen molar-refractivity contribution < 1.29 is 19.1 Å². The van der Waals surface area contributed by atoms with Gasteiger partial charge in [0.05, 0.1) is 11.5 Å². The number of piperazine rings is 1. The van der Waals surface area contributed by atoms with Gasteiger partial charge in [-0.3, -0.25) is 14.4 Å². The summed E-state index contributed by atoms with van der Waals surface area (Å²) in [4.78, 5) is 44.3. The van der Waals surface area contributed by atoms with Gasteiger partial charge >= 0.3 is 0 Å². The van der Waals surface area contributed by atoms with E-state index in [4.69, 9.17) is 4.74 Å². The molecule has 2 aromatic carbocycles. The summed E-state index contributed by atoms with van der Waals surface area (Å²) in [6, 6.07) is 15.2. The molecule has 1 N–H and O–H groups in total. The fourth-order valence-electron chi connectivity index (χ4n) is 6.19. The van der Waals surface area contributed by atoms with E-state index in [-0.39, 0.29) is 23.6 Å². The molecular weight excluding hydrogens is 502 g/mol. The summed E-state index contributed by atoms with van der Waals surface area (Å²) < 4.78 is 6.41. The van der Waals surface area contributed by atoms with Crippen LogP contribution in [0.5, 0.6) is 5.75 Å². The topological polar surface area (TPSA) is 78.9 Å². The number of Topliss-reactive ketones (excluding diaryl/α,β-unsaturated/α-hetero) is 1. The summed E-state index contributed by atoms with van der Waals surface area (Å²) in [6.07, 6.45) is 2.35. The van der Waals surface area contributed by atoms with E-state index in [1.165, 1.54) is 0 Å². The Morgan fingerprint density at radius 2 is 1.57 bits per heavy atom. The number of hydrogen-bond acceptors (Lipinski definition) is 5. The van der Waals surface area contributed by atoms with E-state index in [9.17, 15) is 14.4 Å². The molecule has 7 nitrogen and oxygen atoms in total. The second kappa shape index (κ2) is 13.0. The van der Waals surface area contributed by atoms with Crippen LogP contribution in [-0.4, -0.2) is 66.2 Å². The standard InChI is InChI=1S/C33H45N3O4/c1-6-10-27(24-13-11-23(5)12-14-24)34-31(38)28-29(37)33(7-2,8-3)30(28)40-26-17-15-25(16-18-26)32(39)36-21-19-35(9-4)20-22-36/h11-18,27-28,30H,6-10,19-22H2,1-5H3,(H,34,38)/t27?,28?,30-/m1/s1. The highest BCUT2D eigenvalue weighted by Crippen LogP contribution is 2.50. The molecule has 2 aromatic rings. The van der Waals surface area contributed by atoms with Gasteiger partial charge in [0.15, 0.2) is 5.78 Å². The number of ether oxygens (including phenoxy) is 1. The summed E-state index contributed by atoms with van der Waals surface area (Å²) in [5.41, 5.74) is 2.13. The minimum Gasteiger partial charge on any atom is -0.488 e. The number of ketones is 1. The van der Waals surface area contributed by atoms with Crippen LogP contribution in [0.1, 0.15) is 80.9 Å². The quantitative estimate of drug-likeness (QED) is 0.392. The van der Waals surface area contributed by atoms with Crippen molar-refractivity contribution in [1.29, 1.82) is 0 Å². The Morgan fingerprint density at radius 1 is 0.950 bits per heavy atom. The number of benzene rings is 2. The van der Waals surface area contributed by atoms with Crippen molar-refractivity contribution in [3.05, 3.63) is 65.2 Å². The molecule has 0 aromatic heterocycles. The first-order valence-electron chi connectivity index (χ1n) is 15.0. The number of nitrogens with zero attached hydrogens (tertiary/aromatic N) is 2. The van der Waals surface area contributed by atoms with Crippen LogP contribution in [0.4, 0.5) is 0 Å². The number of aryl methyl sites for hydroxylation is 1. The van der Waals surface area contributed by atoms with Gasteiger partial charge in [-0.15, -0.1) is 0 Å². The van der Waals surface area contributed by atoms with Crippen molar-refractivity contribution in [1.82, 2.24) is 15.1 Å². The summed E-state index contributed by atoms with van der Waals surface area (Å²) in [6.45, 7) is 14.5. The molecule has 3 atom stereocenters. The van der Waals surface area contributed by atoms with Crippen LogP contribution in [0.2, 0.25) is 0 Å². The molecule has 1 aliphatic heterocycles. The van der Waals surface area contributed by atoms with E-state index in [2.05, 4.69) is 24.1 Å². The Labute approximate surface area is 239 Å². The fraction of sp³-hybridized carbons (Fsp3) is 0.545. The zero-order chi connectivity index (χ0) is 28.9. The maximum Gasteiger partial charge on any atom is 0.253 e. The summed E-state index contributed by atoms with van der Waals surface area (Å²) in [5, 5.41) is 3.16. The molecule has 7 heteroatoms. The molecule has 1 heterocycles. The van der Waals surface area contributed by atoms with Crippen LogP contribution in [0.3, 0.4) is 0 Å². The number of carbonyl (C=O) groups excluding carboxylic acids is 3. The Kier molecular flexibility index (Phi) is 9.67. The first-order valence-corrected chi connectivity index (χ1v) is 15.0. The van der Waals surface area contributed by atoms with E-state index in [0.29, 0.717) is 24.2 Å². The van der Waals surface area contributed by atoms with Crippen molar-refractivity contribution in [2.24, 2.45) is 11.3 Å². The lowest BCUT2D eigenvalue weighted by Gasteiger charge is -2.51. The third-order valence-corrected chi connectivity index (χ3v) is 9.01. The molecule has 0 radical (unpaired) electrons. The third kappa shape index (κ3) is 5.95. The second-order valence-electron chi connectivity index (χ2n) is 11.3. The Morgan fingerprint density at radius 3 is 2.12 bits per heavy atom. The van der Waals surface area contributed by atoms with Gasteiger partial charge < -0.3 is 19.9 Å². The number of amides is 2. The van der Waals surface area contributed by atoms with Gasteiger partial charge in [-0.25, -0.2) is 0 Å². The summed E-state index contributed by atoms with van der Waals surface area (Å²) >= 11 is 0. The van der Waals surface area contributed by atoms with Crippen LogP contribution >= 0.6 is 0 Å². The molecule has 1 saturated carbocycles. The van der Waals surface area contributed by atoms with Gasteiger partial charge in [-0.2, -0.15) is 0 Å². The fourth-order valence-corrected chi connectivity index (χ4v) is 6.19. The van der Waals surface area contributed by atoms with E-state index >= 15 is 0 Å². The maximum atomic E-state index is 13.6. The van der Waals surface area contributed by atoms with Gasteiger partial charge in [0.25, 0.3) is 5.91 Å². The van der Waals surface area contributed by atoms with Crippen molar-refractivity contribution in [2.45, 2.75) is 72.4 Å². The zero-order valence-electron chi connectivity index (χ0n) is 24.7. The van der Waals surface area contributed by atoms with Crippen molar-refractivity contribution in [2.75, 3.05) is 32.7 Å². The highest BCUT2D eigenvalue weighted by atomic mass is 16.5. The van der Waals surface area contributed by atoms with Crippen LogP contribution in [0.15, 0.2) is 48.5 Å². The lowest BCUT2D eigenvalue weighted by Crippen LogP contribution is -2.68. The second-order valence-corrected chi connectivity index (χ2v) is 11.3. The molecule has 1 aliphatic carbocycles. The highest BCUT2D eigenvalue weighted by molar-refractivity contribution is 6.10. The van der Waals surface area contributed by atoms with Crippen molar-refractivity contribution in [3.8, 4) is 5.75 Å². The van der Waals surface area contributed by atoms with Gasteiger partial charge in [-0.05, 0) is 62.6 Å². The molecule has 2 fully saturated rings. The molecular formula is C33H45N3O4. The minimum atomic E-state index is -0.860. The summed E-state index contributed by atoms with van der Waals surface area (Å²) in [5.74, 6) is -0.590. The molecule has 2 amide bonds. The van der Waals surface area contributed by atoms with E-state index in [1.54, 1.807) is 24.3 Å². The van der Waals surface area contributed by atoms with Gasteiger partial charge in [0.2, 0.25) is 5.91 Å². The smallest absolute Gasteiger partial charge is 0.253 e. The number of carbonyl (C=O) groups is 3. The average molecular weight is 548 g/mol. The monoisotopic (exact) mass is 547 g/mol. The molecule has 1 saturated heterocycles. The van der Waals surface area contributed by atoms with Crippen LogP contribution in [0, 0.1) is 18.3 Å². The van der Waals surface area contributed by atoms with Crippen molar-refractivity contribution in [3.63, 3.8) is 0 Å². The minimum absolute atomic E-state index is 0.0212. The van der Waals surface area contributed by atoms with Crippen LogP contribution in [0.25, 0.3) is 0 Å². The molecule has 2 unspecified atom stereocenters. The Bertz CT molecular complexity index is 1170. The third-order valence-electron chi connectivity index (χ3n) is 9.01. The Hall–Kier alpha value is -3.19. The lowest BCUT2D eigenvalue weighted by atomic mass is 9.55.